The molecular weight excluding hydrogens is 282 g/mol. The number of carbonyl (C=O) groups is 2. The molecule has 5 nitrogen and oxygen atoms in total. The van der Waals surface area contributed by atoms with E-state index in [2.05, 4.69) is 5.32 Å². The predicted octanol–water partition coefficient (Wildman–Crippen LogP) is 2.67. The SMILES string of the molecule is CC(C)(C)NC(=O)O[C@H](CC1C[C@H]2C[C@@H]2C1)C(=O)[C@@]1(C)CO1. The van der Waals surface area contributed by atoms with Crippen molar-refractivity contribution in [3.05, 3.63) is 0 Å². The number of alkyl carbamates (subject to hydrolysis) is 1. The second-order valence-electron chi connectivity index (χ2n) is 8.48. The van der Waals surface area contributed by atoms with Crippen molar-refractivity contribution in [2.24, 2.45) is 17.8 Å². The number of nitrogens with one attached hydrogen (secondary N) is 1. The van der Waals surface area contributed by atoms with E-state index >= 15 is 0 Å². The first-order valence-corrected chi connectivity index (χ1v) is 8.33. The lowest BCUT2D eigenvalue weighted by atomic mass is 9.91. The zero-order valence-corrected chi connectivity index (χ0v) is 14.0. The lowest BCUT2D eigenvalue weighted by Gasteiger charge is -2.25. The van der Waals surface area contributed by atoms with Crippen LogP contribution < -0.4 is 5.32 Å². The van der Waals surface area contributed by atoms with Gasteiger partial charge >= 0.3 is 6.09 Å². The van der Waals surface area contributed by atoms with Crippen LogP contribution in [0.2, 0.25) is 0 Å². The van der Waals surface area contributed by atoms with Gasteiger partial charge in [0.1, 0.15) is 0 Å². The average Bonchev–Trinajstić information content (AvgIpc) is 3.26. The Morgan fingerprint density at radius 1 is 1.27 bits per heavy atom. The van der Waals surface area contributed by atoms with Crippen LogP contribution in [-0.4, -0.2) is 35.7 Å². The Morgan fingerprint density at radius 2 is 1.86 bits per heavy atom. The number of fused-ring (bicyclic) bond motifs is 1. The monoisotopic (exact) mass is 309 g/mol. The lowest BCUT2D eigenvalue weighted by molar-refractivity contribution is -0.133. The molecular formula is C17H27NO4. The molecule has 4 atom stereocenters. The number of epoxide rings is 1. The zero-order valence-electron chi connectivity index (χ0n) is 14.0. The molecule has 0 unspecified atom stereocenters. The van der Waals surface area contributed by atoms with E-state index in [1.165, 1.54) is 19.3 Å². The van der Waals surface area contributed by atoms with Gasteiger partial charge in [0, 0.05) is 5.54 Å². The molecule has 3 aliphatic rings. The first kappa shape index (κ1) is 15.8. The van der Waals surface area contributed by atoms with Gasteiger partial charge in [-0.25, -0.2) is 4.79 Å². The Balaban J connectivity index is 1.60. The third-order valence-corrected chi connectivity index (χ3v) is 5.01. The van der Waals surface area contributed by atoms with Gasteiger partial charge in [0.2, 0.25) is 5.78 Å². The van der Waals surface area contributed by atoms with Crippen LogP contribution in [0.1, 0.15) is 53.4 Å². The first-order chi connectivity index (χ1) is 10.2. The van der Waals surface area contributed by atoms with Gasteiger partial charge in [0.25, 0.3) is 0 Å². The summed E-state index contributed by atoms with van der Waals surface area (Å²) in [5, 5.41) is 2.76. The maximum absolute atomic E-state index is 12.6. The highest BCUT2D eigenvalue weighted by molar-refractivity contribution is 5.94. The number of carbonyl (C=O) groups excluding carboxylic acids is 2. The quantitative estimate of drug-likeness (QED) is 0.793. The minimum absolute atomic E-state index is 0.0860. The van der Waals surface area contributed by atoms with Crippen LogP contribution in [0.25, 0.3) is 0 Å². The molecule has 0 spiro atoms. The fourth-order valence-corrected chi connectivity index (χ4v) is 3.60. The third-order valence-electron chi connectivity index (χ3n) is 5.01. The molecule has 3 fully saturated rings. The van der Waals surface area contributed by atoms with Gasteiger partial charge < -0.3 is 14.8 Å². The first-order valence-electron chi connectivity index (χ1n) is 8.33. The molecule has 5 heteroatoms. The number of ether oxygens (including phenoxy) is 2. The number of ketones is 1. The van der Waals surface area contributed by atoms with E-state index in [9.17, 15) is 9.59 Å². The van der Waals surface area contributed by atoms with Crippen molar-refractivity contribution < 1.29 is 19.1 Å². The van der Waals surface area contributed by atoms with Crippen molar-refractivity contribution in [3.63, 3.8) is 0 Å². The van der Waals surface area contributed by atoms with Crippen molar-refractivity contribution in [1.82, 2.24) is 5.32 Å². The van der Waals surface area contributed by atoms with Gasteiger partial charge in [-0.1, -0.05) is 0 Å². The minimum Gasteiger partial charge on any atom is -0.438 e. The lowest BCUT2D eigenvalue weighted by Crippen LogP contribution is -2.45. The van der Waals surface area contributed by atoms with Crippen molar-refractivity contribution in [3.8, 4) is 0 Å². The van der Waals surface area contributed by atoms with Crippen LogP contribution in [0.5, 0.6) is 0 Å². The van der Waals surface area contributed by atoms with Crippen molar-refractivity contribution in [2.75, 3.05) is 6.61 Å². The summed E-state index contributed by atoms with van der Waals surface area (Å²) < 4.78 is 10.7. The third kappa shape index (κ3) is 3.62. The molecule has 1 aliphatic heterocycles. The van der Waals surface area contributed by atoms with Crippen LogP contribution in [0, 0.1) is 17.8 Å². The van der Waals surface area contributed by atoms with Crippen molar-refractivity contribution >= 4 is 11.9 Å². The van der Waals surface area contributed by atoms with Crippen LogP contribution >= 0.6 is 0 Å². The summed E-state index contributed by atoms with van der Waals surface area (Å²) in [7, 11) is 0. The highest BCUT2D eigenvalue weighted by atomic mass is 16.6. The summed E-state index contributed by atoms with van der Waals surface area (Å²) in [6, 6.07) is 0. The molecule has 2 saturated carbocycles. The summed E-state index contributed by atoms with van der Waals surface area (Å²) in [6.45, 7) is 7.88. The van der Waals surface area contributed by atoms with Crippen molar-refractivity contribution in [1.29, 1.82) is 0 Å². The van der Waals surface area contributed by atoms with E-state index in [4.69, 9.17) is 9.47 Å². The molecule has 0 aromatic heterocycles. The molecule has 3 rings (SSSR count). The van der Waals surface area contributed by atoms with Crippen LogP contribution in [0.15, 0.2) is 0 Å². The van der Waals surface area contributed by atoms with Crippen LogP contribution in [0.4, 0.5) is 4.79 Å². The Kier molecular flexibility index (Phi) is 3.75. The maximum atomic E-state index is 12.6. The smallest absolute Gasteiger partial charge is 0.408 e. The highest BCUT2D eigenvalue weighted by Crippen LogP contribution is 2.55. The number of hydrogen-bond donors (Lipinski definition) is 1. The van der Waals surface area contributed by atoms with Gasteiger partial charge in [0.15, 0.2) is 11.7 Å². The Labute approximate surface area is 132 Å². The van der Waals surface area contributed by atoms with Crippen molar-refractivity contribution in [2.45, 2.75) is 70.6 Å². The minimum atomic E-state index is -0.742. The molecule has 0 aromatic rings. The topological polar surface area (TPSA) is 67.9 Å². The Morgan fingerprint density at radius 3 is 2.36 bits per heavy atom. The summed E-state index contributed by atoms with van der Waals surface area (Å²) in [4.78, 5) is 24.6. The molecule has 1 saturated heterocycles. The molecule has 1 heterocycles. The molecule has 1 N–H and O–H groups in total. The largest absolute Gasteiger partial charge is 0.438 e. The Bertz CT molecular complexity index is 468. The molecule has 0 bridgehead atoms. The number of amides is 1. The second-order valence-corrected chi connectivity index (χ2v) is 8.48. The fourth-order valence-electron chi connectivity index (χ4n) is 3.60. The number of Topliss-reactive ketones (excluding diaryl/α,β-unsaturated/α-hetero) is 1. The van der Waals surface area contributed by atoms with Crippen LogP contribution in [-0.2, 0) is 14.3 Å². The summed E-state index contributed by atoms with van der Waals surface area (Å²) in [5.41, 5.74) is -1.12. The normalized spacial score (nSPS) is 34.7. The van der Waals surface area contributed by atoms with E-state index < -0.39 is 17.8 Å². The highest BCUT2D eigenvalue weighted by Gasteiger charge is 2.53. The summed E-state index contributed by atoms with van der Waals surface area (Å²) in [6.07, 6.45) is 3.14. The average molecular weight is 309 g/mol. The van der Waals surface area contributed by atoms with Gasteiger partial charge in [-0.05, 0) is 71.1 Å². The number of rotatable bonds is 5. The van der Waals surface area contributed by atoms with Gasteiger partial charge in [-0.15, -0.1) is 0 Å². The van der Waals surface area contributed by atoms with E-state index in [-0.39, 0.29) is 11.3 Å². The van der Waals surface area contributed by atoms with Gasteiger partial charge in [-0.3, -0.25) is 4.79 Å². The molecule has 0 aromatic carbocycles. The predicted molar refractivity (Wildman–Crippen MR) is 81.5 cm³/mol. The standard InChI is InChI=1S/C17H27NO4/c1-16(2,3)18-15(20)22-13(14(19)17(4)9-21-17)7-10-5-11-8-12(11)6-10/h10-13H,5-9H2,1-4H3,(H,18,20)/t11-,12-,13+,17+/m0/s1. The van der Waals surface area contributed by atoms with E-state index in [1.807, 2.05) is 20.8 Å². The zero-order chi connectivity index (χ0) is 16.1. The number of hydrogen-bond acceptors (Lipinski definition) is 4. The van der Waals surface area contributed by atoms with Gasteiger partial charge in [-0.2, -0.15) is 0 Å². The molecule has 1 amide bonds. The van der Waals surface area contributed by atoms with E-state index in [0.717, 1.165) is 11.8 Å². The Hall–Kier alpha value is -1.10. The summed E-state index contributed by atoms with van der Waals surface area (Å²) in [5.74, 6) is 2.13. The molecule has 22 heavy (non-hydrogen) atoms. The van der Waals surface area contributed by atoms with Crippen LogP contribution in [0.3, 0.4) is 0 Å². The maximum Gasteiger partial charge on any atom is 0.408 e. The summed E-state index contributed by atoms with van der Waals surface area (Å²) >= 11 is 0. The fraction of sp³-hybridized carbons (Fsp3) is 0.882. The van der Waals surface area contributed by atoms with E-state index in [0.29, 0.717) is 18.9 Å². The second kappa shape index (κ2) is 5.22. The molecule has 124 valence electrons. The van der Waals surface area contributed by atoms with Gasteiger partial charge in [0.05, 0.1) is 6.61 Å². The molecule has 0 radical (unpaired) electrons. The molecule has 2 aliphatic carbocycles. The van der Waals surface area contributed by atoms with E-state index in [1.54, 1.807) is 6.92 Å².